The summed E-state index contributed by atoms with van der Waals surface area (Å²) in [5.41, 5.74) is 6.28. The van der Waals surface area contributed by atoms with Crippen molar-refractivity contribution in [2.24, 2.45) is 17.6 Å². The Morgan fingerprint density at radius 1 is 1.48 bits per heavy atom. The van der Waals surface area contributed by atoms with Crippen LogP contribution in [0.15, 0.2) is 5.38 Å². The second-order valence-electron chi connectivity index (χ2n) is 5.39. The molecule has 0 saturated heterocycles. The van der Waals surface area contributed by atoms with Crippen LogP contribution in [0.25, 0.3) is 0 Å². The third-order valence-corrected chi connectivity index (χ3v) is 4.52. The fraction of sp³-hybridized carbons (Fsp3) is 0.692. The van der Waals surface area contributed by atoms with Crippen molar-refractivity contribution in [1.82, 2.24) is 4.98 Å². The van der Waals surface area contributed by atoms with E-state index >= 15 is 0 Å². The summed E-state index contributed by atoms with van der Waals surface area (Å²) in [4.78, 5) is 16.2. The molecule has 21 heavy (non-hydrogen) atoms. The SMILES string of the molecule is CC(N)c1csc(NC(=O)C2CCCCC2C(F)(F)F)n1. The Bertz CT molecular complexity index is 501. The van der Waals surface area contributed by atoms with Gasteiger partial charge in [-0.3, -0.25) is 4.79 Å². The Morgan fingerprint density at radius 3 is 2.71 bits per heavy atom. The van der Waals surface area contributed by atoms with Crippen LogP contribution in [-0.4, -0.2) is 17.1 Å². The predicted molar refractivity (Wildman–Crippen MR) is 74.8 cm³/mol. The van der Waals surface area contributed by atoms with Gasteiger partial charge < -0.3 is 11.1 Å². The summed E-state index contributed by atoms with van der Waals surface area (Å²) in [5, 5.41) is 4.50. The summed E-state index contributed by atoms with van der Waals surface area (Å²) in [7, 11) is 0. The number of carbonyl (C=O) groups excluding carboxylic acids is 1. The number of halogens is 3. The Morgan fingerprint density at radius 2 is 2.14 bits per heavy atom. The lowest BCUT2D eigenvalue weighted by atomic mass is 9.78. The molecule has 1 fully saturated rings. The van der Waals surface area contributed by atoms with Gasteiger partial charge in [0.25, 0.3) is 0 Å². The molecule has 4 nitrogen and oxygen atoms in total. The van der Waals surface area contributed by atoms with E-state index in [1.165, 1.54) is 11.3 Å². The van der Waals surface area contributed by atoms with Crippen LogP contribution in [0.1, 0.15) is 44.3 Å². The molecular weight excluding hydrogens is 303 g/mol. The number of amides is 1. The van der Waals surface area contributed by atoms with Crippen molar-refractivity contribution in [3.63, 3.8) is 0 Å². The summed E-state index contributed by atoms with van der Waals surface area (Å²) in [6.45, 7) is 1.75. The van der Waals surface area contributed by atoms with E-state index in [0.29, 0.717) is 23.7 Å². The van der Waals surface area contributed by atoms with Crippen molar-refractivity contribution >= 4 is 22.4 Å². The van der Waals surface area contributed by atoms with E-state index in [9.17, 15) is 18.0 Å². The molecule has 3 unspecified atom stereocenters. The second-order valence-corrected chi connectivity index (χ2v) is 6.25. The molecule has 0 spiro atoms. The zero-order chi connectivity index (χ0) is 15.6. The van der Waals surface area contributed by atoms with Crippen LogP contribution in [0.5, 0.6) is 0 Å². The number of aromatic nitrogens is 1. The van der Waals surface area contributed by atoms with E-state index in [-0.39, 0.29) is 18.9 Å². The molecule has 118 valence electrons. The van der Waals surface area contributed by atoms with E-state index in [1.54, 1.807) is 12.3 Å². The first-order chi connectivity index (χ1) is 9.79. The molecule has 0 aliphatic heterocycles. The molecule has 3 atom stereocenters. The first-order valence-electron chi connectivity index (χ1n) is 6.87. The minimum absolute atomic E-state index is 0.0184. The molecule has 0 bridgehead atoms. The quantitative estimate of drug-likeness (QED) is 0.895. The number of nitrogens with two attached hydrogens (primary N) is 1. The number of anilines is 1. The van der Waals surface area contributed by atoms with Crippen molar-refractivity contribution in [3.8, 4) is 0 Å². The number of rotatable bonds is 3. The number of nitrogens with zero attached hydrogens (tertiary/aromatic N) is 1. The lowest BCUT2D eigenvalue weighted by Gasteiger charge is -2.31. The normalized spacial score (nSPS) is 24.6. The molecule has 1 aromatic rings. The van der Waals surface area contributed by atoms with Crippen molar-refractivity contribution < 1.29 is 18.0 Å². The Hall–Kier alpha value is -1.15. The molecule has 3 N–H and O–H groups in total. The van der Waals surface area contributed by atoms with E-state index in [2.05, 4.69) is 10.3 Å². The van der Waals surface area contributed by atoms with Gasteiger partial charge in [0.1, 0.15) is 0 Å². The third-order valence-electron chi connectivity index (χ3n) is 3.74. The van der Waals surface area contributed by atoms with Crippen LogP contribution >= 0.6 is 11.3 Å². The van der Waals surface area contributed by atoms with E-state index in [4.69, 9.17) is 5.73 Å². The van der Waals surface area contributed by atoms with Crippen molar-refractivity contribution in [3.05, 3.63) is 11.1 Å². The molecule has 1 saturated carbocycles. The van der Waals surface area contributed by atoms with Crippen LogP contribution < -0.4 is 11.1 Å². The average Bonchev–Trinajstić information content (AvgIpc) is 2.86. The summed E-state index contributed by atoms with van der Waals surface area (Å²) < 4.78 is 39.0. The highest BCUT2D eigenvalue weighted by molar-refractivity contribution is 7.13. The zero-order valence-corrected chi connectivity index (χ0v) is 12.4. The minimum Gasteiger partial charge on any atom is -0.323 e. The lowest BCUT2D eigenvalue weighted by molar-refractivity contribution is -0.197. The van der Waals surface area contributed by atoms with Crippen LogP contribution in [0, 0.1) is 11.8 Å². The van der Waals surface area contributed by atoms with Gasteiger partial charge in [0.05, 0.1) is 11.6 Å². The highest BCUT2D eigenvalue weighted by Gasteiger charge is 2.48. The van der Waals surface area contributed by atoms with Gasteiger partial charge in [-0.15, -0.1) is 11.3 Å². The molecule has 1 aliphatic carbocycles. The highest BCUT2D eigenvalue weighted by atomic mass is 32.1. The zero-order valence-electron chi connectivity index (χ0n) is 11.6. The van der Waals surface area contributed by atoms with Crippen LogP contribution in [0.4, 0.5) is 18.3 Å². The fourth-order valence-electron chi connectivity index (χ4n) is 2.59. The number of alkyl halides is 3. The Kier molecular flexibility index (Phi) is 4.88. The molecular formula is C13H18F3N3OS. The monoisotopic (exact) mass is 321 g/mol. The molecule has 8 heteroatoms. The standard InChI is InChI=1S/C13H18F3N3OS/c1-7(17)10-6-21-12(18-10)19-11(20)8-4-2-3-5-9(8)13(14,15)16/h6-9H,2-5,17H2,1H3,(H,18,19,20). The number of hydrogen-bond donors (Lipinski definition) is 2. The van der Waals surface area contributed by atoms with Gasteiger partial charge in [-0.05, 0) is 19.8 Å². The van der Waals surface area contributed by atoms with Gasteiger partial charge >= 0.3 is 6.18 Å². The molecule has 0 aromatic carbocycles. The first kappa shape index (κ1) is 16.2. The van der Waals surface area contributed by atoms with Crippen molar-refractivity contribution in [2.75, 3.05) is 5.32 Å². The molecule has 1 amide bonds. The maximum absolute atomic E-state index is 13.0. The lowest BCUT2D eigenvalue weighted by Crippen LogP contribution is -2.39. The minimum atomic E-state index is -4.33. The van der Waals surface area contributed by atoms with Crippen molar-refractivity contribution in [1.29, 1.82) is 0 Å². The maximum atomic E-state index is 13.0. The molecule has 0 radical (unpaired) electrons. The maximum Gasteiger partial charge on any atom is 0.392 e. The summed E-state index contributed by atoms with van der Waals surface area (Å²) in [6.07, 6.45) is -2.89. The van der Waals surface area contributed by atoms with Crippen LogP contribution in [0.3, 0.4) is 0 Å². The second kappa shape index (κ2) is 6.31. The van der Waals surface area contributed by atoms with E-state index in [1.807, 2.05) is 0 Å². The first-order valence-corrected chi connectivity index (χ1v) is 7.75. The van der Waals surface area contributed by atoms with Gasteiger partial charge in [-0.1, -0.05) is 12.8 Å². The topological polar surface area (TPSA) is 68.0 Å². The molecule has 1 aliphatic rings. The average molecular weight is 321 g/mol. The third kappa shape index (κ3) is 3.94. The van der Waals surface area contributed by atoms with E-state index < -0.39 is 23.9 Å². The molecule has 2 rings (SSSR count). The predicted octanol–water partition coefficient (Wildman–Crippen LogP) is 3.47. The smallest absolute Gasteiger partial charge is 0.323 e. The van der Waals surface area contributed by atoms with Gasteiger partial charge in [-0.2, -0.15) is 13.2 Å². The largest absolute Gasteiger partial charge is 0.392 e. The van der Waals surface area contributed by atoms with Gasteiger partial charge in [0.2, 0.25) is 5.91 Å². The highest BCUT2D eigenvalue weighted by Crippen LogP contribution is 2.42. The summed E-state index contributed by atoms with van der Waals surface area (Å²) >= 11 is 1.17. The number of hydrogen-bond acceptors (Lipinski definition) is 4. The summed E-state index contributed by atoms with van der Waals surface area (Å²) in [6, 6.07) is -0.274. The Labute approximate surface area is 124 Å². The van der Waals surface area contributed by atoms with E-state index in [0.717, 1.165) is 0 Å². The van der Waals surface area contributed by atoms with Crippen molar-refractivity contribution in [2.45, 2.75) is 44.8 Å². The molecule has 1 heterocycles. The van der Waals surface area contributed by atoms with Crippen LogP contribution in [0.2, 0.25) is 0 Å². The fourth-order valence-corrected chi connectivity index (χ4v) is 3.40. The van der Waals surface area contributed by atoms with Gasteiger partial charge in [0.15, 0.2) is 5.13 Å². The number of nitrogens with one attached hydrogen (secondary N) is 1. The van der Waals surface area contributed by atoms with Gasteiger partial charge in [-0.25, -0.2) is 4.98 Å². The van der Waals surface area contributed by atoms with Crippen LogP contribution in [-0.2, 0) is 4.79 Å². The Balaban J connectivity index is 2.06. The number of thiazole rings is 1. The van der Waals surface area contributed by atoms with Gasteiger partial charge in [0, 0.05) is 17.3 Å². The summed E-state index contributed by atoms with van der Waals surface area (Å²) in [5.74, 6) is -3.18. The number of carbonyl (C=O) groups is 1. The molecule has 1 aromatic heterocycles.